The predicted octanol–water partition coefficient (Wildman–Crippen LogP) is 2.58. The first kappa shape index (κ1) is 12.9. The van der Waals surface area contributed by atoms with E-state index >= 15 is 0 Å². The Balaban J connectivity index is 1.62. The highest BCUT2D eigenvalue weighted by Crippen LogP contribution is 2.42. The molecule has 0 aromatic heterocycles. The van der Waals surface area contributed by atoms with Crippen LogP contribution in [0.5, 0.6) is 0 Å². The Labute approximate surface area is 115 Å². The maximum absolute atomic E-state index is 5.47. The molecular formula is C16H24N2O. The number of nitrogens with zero attached hydrogens (tertiary/aromatic N) is 1. The standard InChI is InChI=1S/C16H24N2O/c1-13(17-2)14-3-5-15(6-4-14)18-11-16(12-18)7-9-19-10-8-16/h3-6,13,17H,7-12H2,1-2H3. The fraction of sp³-hybridized carbons (Fsp3) is 0.625. The zero-order chi connectivity index (χ0) is 13.3. The lowest BCUT2D eigenvalue weighted by atomic mass is 9.73. The van der Waals surface area contributed by atoms with E-state index in [9.17, 15) is 0 Å². The fourth-order valence-corrected chi connectivity index (χ4v) is 3.21. The van der Waals surface area contributed by atoms with E-state index in [1.807, 2.05) is 7.05 Å². The average Bonchev–Trinajstić information content (AvgIpc) is 2.45. The van der Waals surface area contributed by atoms with Gasteiger partial charge in [0.2, 0.25) is 0 Å². The SMILES string of the molecule is CNC(C)c1ccc(N2CC3(CCOCC3)C2)cc1. The molecule has 1 aromatic carbocycles. The molecule has 0 aliphatic carbocycles. The van der Waals surface area contributed by atoms with Crippen molar-refractivity contribution >= 4 is 5.69 Å². The average molecular weight is 260 g/mol. The number of ether oxygens (including phenoxy) is 1. The second-order valence-corrected chi connectivity index (χ2v) is 6.07. The Morgan fingerprint density at radius 1 is 1.16 bits per heavy atom. The third-order valence-corrected chi connectivity index (χ3v) is 4.80. The molecule has 1 N–H and O–H groups in total. The first-order chi connectivity index (χ1) is 9.22. The molecule has 2 aliphatic heterocycles. The minimum Gasteiger partial charge on any atom is -0.381 e. The van der Waals surface area contributed by atoms with Crippen LogP contribution in [-0.4, -0.2) is 33.4 Å². The van der Waals surface area contributed by atoms with Gasteiger partial charge in [0.25, 0.3) is 0 Å². The molecule has 1 aromatic rings. The van der Waals surface area contributed by atoms with Crippen molar-refractivity contribution in [1.29, 1.82) is 0 Å². The minimum absolute atomic E-state index is 0.423. The van der Waals surface area contributed by atoms with Gasteiger partial charge in [0.05, 0.1) is 0 Å². The van der Waals surface area contributed by atoms with Gasteiger partial charge in [0.15, 0.2) is 0 Å². The van der Waals surface area contributed by atoms with E-state index in [2.05, 4.69) is 41.4 Å². The Morgan fingerprint density at radius 2 is 1.79 bits per heavy atom. The van der Waals surface area contributed by atoms with Crippen LogP contribution < -0.4 is 10.2 Å². The molecule has 0 radical (unpaired) electrons. The molecule has 3 rings (SSSR count). The van der Waals surface area contributed by atoms with Crippen molar-refractivity contribution in [2.45, 2.75) is 25.8 Å². The lowest BCUT2D eigenvalue weighted by molar-refractivity contribution is -0.000191. The van der Waals surface area contributed by atoms with Crippen LogP contribution >= 0.6 is 0 Å². The number of nitrogens with one attached hydrogen (secondary N) is 1. The second kappa shape index (κ2) is 5.14. The van der Waals surface area contributed by atoms with Crippen molar-refractivity contribution in [3.8, 4) is 0 Å². The summed E-state index contributed by atoms with van der Waals surface area (Å²) in [4.78, 5) is 2.50. The smallest absolute Gasteiger partial charge is 0.0472 e. The summed E-state index contributed by atoms with van der Waals surface area (Å²) in [6, 6.07) is 9.43. The summed E-state index contributed by atoms with van der Waals surface area (Å²) < 4.78 is 5.47. The molecule has 2 aliphatic rings. The summed E-state index contributed by atoms with van der Waals surface area (Å²) in [5, 5.41) is 3.28. The molecule has 1 unspecified atom stereocenters. The third-order valence-electron chi connectivity index (χ3n) is 4.80. The molecule has 2 heterocycles. The van der Waals surface area contributed by atoms with Crippen LogP contribution in [0.3, 0.4) is 0 Å². The molecule has 3 nitrogen and oxygen atoms in total. The normalized spacial score (nSPS) is 23.2. The van der Waals surface area contributed by atoms with Crippen LogP contribution in [0.25, 0.3) is 0 Å². The van der Waals surface area contributed by atoms with Gasteiger partial charge >= 0.3 is 0 Å². The lowest BCUT2D eigenvalue weighted by Crippen LogP contribution is -2.58. The van der Waals surface area contributed by atoms with Crippen LogP contribution in [0.1, 0.15) is 31.4 Å². The third kappa shape index (κ3) is 2.49. The largest absolute Gasteiger partial charge is 0.381 e. The van der Waals surface area contributed by atoms with Gasteiger partial charge in [-0.05, 0) is 44.5 Å². The van der Waals surface area contributed by atoms with Gasteiger partial charge in [0.1, 0.15) is 0 Å². The highest BCUT2D eigenvalue weighted by atomic mass is 16.5. The Hall–Kier alpha value is -1.06. The first-order valence-electron chi connectivity index (χ1n) is 7.32. The van der Waals surface area contributed by atoms with Crippen LogP contribution in [0.2, 0.25) is 0 Å². The van der Waals surface area contributed by atoms with Crippen LogP contribution in [0, 0.1) is 5.41 Å². The maximum Gasteiger partial charge on any atom is 0.0472 e. The van der Waals surface area contributed by atoms with E-state index in [1.165, 1.54) is 37.2 Å². The van der Waals surface area contributed by atoms with Crippen LogP contribution in [-0.2, 0) is 4.74 Å². The molecule has 2 fully saturated rings. The molecule has 2 saturated heterocycles. The van der Waals surface area contributed by atoms with Gasteiger partial charge in [0, 0.05) is 43.4 Å². The summed E-state index contributed by atoms with van der Waals surface area (Å²) >= 11 is 0. The highest BCUT2D eigenvalue weighted by Gasteiger charge is 2.43. The maximum atomic E-state index is 5.47. The van der Waals surface area contributed by atoms with Gasteiger partial charge in [-0.1, -0.05) is 12.1 Å². The van der Waals surface area contributed by atoms with Crippen molar-refractivity contribution < 1.29 is 4.74 Å². The van der Waals surface area contributed by atoms with Crippen LogP contribution in [0.15, 0.2) is 24.3 Å². The number of hydrogen-bond acceptors (Lipinski definition) is 3. The molecule has 3 heteroatoms. The number of rotatable bonds is 3. The summed E-state index contributed by atoms with van der Waals surface area (Å²) in [6.45, 7) is 6.50. The van der Waals surface area contributed by atoms with E-state index in [4.69, 9.17) is 4.74 Å². The predicted molar refractivity (Wildman–Crippen MR) is 78.6 cm³/mol. The molecule has 0 bridgehead atoms. The molecule has 0 amide bonds. The fourth-order valence-electron chi connectivity index (χ4n) is 3.21. The first-order valence-corrected chi connectivity index (χ1v) is 7.32. The Morgan fingerprint density at radius 3 is 2.37 bits per heavy atom. The van der Waals surface area contributed by atoms with E-state index in [0.29, 0.717) is 11.5 Å². The zero-order valence-corrected chi connectivity index (χ0v) is 12.0. The second-order valence-electron chi connectivity index (χ2n) is 6.07. The van der Waals surface area contributed by atoms with Crippen LogP contribution in [0.4, 0.5) is 5.69 Å². The van der Waals surface area contributed by atoms with Crippen molar-refractivity contribution in [3.63, 3.8) is 0 Å². The zero-order valence-electron chi connectivity index (χ0n) is 12.0. The van der Waals surface area contributed by atoms with Crippen molar-refractivity contribution in [2.75, 3.05) is 38.3 Å². The summed E-state index contributed by atoms with van der Waals surface area (Å²) in [5.41, 5.74) is 3.27. The molecular weight excluding hydrogens is 236 g/mol. The van der Waals surface area contributed by atoms with Gasteiger partial charge in [-0.15, -0.1) is 0 Å². The quantitative estimate of drug-likeness (QED) is 0.904. The summed E-state index contributed by atoms with van der Waals surface area (Å²) in [7, 11) is 2.00. The summed E-state index contributed by atoms with van der Waals surface area (Å²) in [6.07, 6.45) is 2.47. The van der Waals surface area contributed by atoms with Gasteiger partial charge in [-0.25, -0.2) is 0 Å². The summed E-state index contributed by atoms with van der Waals surface area (Å²) in [5.74, 6) is 0. The van der Waals surface area contributed by atoms with Gasteiger partial charge < -0.3 is 15.0 Å². The minimum atomic E-state index is 0.423. The van der Waals surface area contributed by atoms with Crippen molar-refractivity contribution in [1.82, 2.24) is 5.32 Å². The Kier molecular flexibility index (Phi) is 3.50. The molecule has 1 spiro atoms. The number of anilines is 1. The molecule has 19 heavy (non-hydrogen) atoms. The number of benzene rings is 1. The lowest BCUT2D eigenvalue weighted by Gasteiger charge is -2.53. The molecule has 1 atom stereocenters. The van der Waals surface area contributed by atoms with Crippen molar-refractivity contribution in [2.24, 2.45) is 5.41 Å². The highest BCUT2D eigenvalue weighted by molar-refractivity contribution is 5.51. The monoisotopic (exact) mass is 260 g/mol. The van der Waals surface area contributed by atoms with E-state index in [0.717, 1.165) is 13.2 Å². The van der Waals surface area contributed by atoms with E-state index in [1.54, 1.807) is 0 Å². The van der Waals surface area contributed by atoms with Crippen molar-refractivity contribution in [3.05, 3.63) is 29.8 Å². The Bertz CT molecular complexity index is 415. The van der Waals surface area contributed by atoms with E-state index in [-0.39, 0.29) is 0 Å². The molecule has 0 saturated carbocycles. The topological polar surface area (TPSA) is 24.5 Å². The number of hydrogen-bond donors (Lipinski definition) is 1. The van der Waals surface area contributed by atoms with Gasteiger partial charge in [-0.3, -0.25) is 0 Å². The van der Waals surface area contributed by atoms with E-state index < -0.39 is 0 Å². The van der Waals surface area contributed by atoms with Gasteiger partial charge in [-0.2, -0.15) is 0 Å². The molecule has 104 valence electrons.